The molecule has 0 aromatic rings. The lowest BCUT2D eigenvalue weighted by Gasteiger charge is -2.38. The molecule has 0 heteroatoms. The summed E-state index contributed by atoms with van der Waals surface area (Å²) in [4.78, 5) is 0. The Bertz CT molecular complexity index is 180. The third kappa shape index (κ3) is 0.436. The second kappa shape index (κ2) is 1.31. The van der Waals surface area contributed by atoms with E-state index in [1.165, 1.54) is 24.2 Å². The Kier molecular flexibility index (Phi) is 0.735. The van der Waals surface area contributed by atoms with Crippen molar-refractivity contribution in [2.75, 3.05) is 0 Å². The standard InChI is InChI=1S/C10H16/c1-10(2)4-3-6-7-5-8(7)9(6)10/h6-9H,3-5H2,1-2H3. The average molecular weight is 136 g/mol. The van der Waals surface area contributed by atoms with Crippen LogP contribution < -0.4 is 0 Å². The quantitative estimate of drug-likeness (QED) is 0.480. The van der Waals surface area contributed by atoms with Gasteiger partial charge in [-0.25, -0.2) is 0 Å². The smallest absolute Gasteiger partial charge is 0.0300 e. The molecule has 56 valence electrons. The normalized spacial score (nSPS) is 60.6. The van der Waals surface area contributed by atoms with E-state index >= 15 is 0 Å². The molecule has 0 amide bonds. The van der Waals surface area contributed by atoms with Crippen molar-refractivity contribution in [3.05, 3.63) is 0 Å². The highest BCUT2D eigenvalue weighted by Crippen LogP contribution is 2.74. The van der Waals surface area contributed by atoms with Crippen molar-refractivity contribution in [3.8, 4) is 0 Å². The van der Waals surface area contributed by atoms with Gasteiger partial charge in [-0.05, 0) is 48.3 Å². The van der Waals surface area contributed by atoms with E-state index in [0.29, 0.717) is 0 Å². The molecule has 0 radical (unpaired) electrons. The van der Waals surface area contributed by atoms with E-state index in [-0.39, 0.29) is 0 Å². The highest BCUT2D eigenvalue weighted by Gasteiger charge is 2.67. The fraction of sp³-hybridized carbons (Fsp3) is 1.00. The van der Waals surface area contributed by atoms with Gasteiger partial charge in [0.2, 0.25) is 0 Å². The van der Waals surface area contributed by atoms with Crippen LogP contribution >= 0.6 is 0 Å². The van der Waals surface area contributed by atoms with Crippen LogP contribution in [0.4, 0.5) is 0 Å². The zero-order valence-corrected chi connectivity index (χ0v) is 6.93. The summed E-state index contributed by atoms with van der Waals surface area (Å²) in [6.45, 7) is 4.96. The van der Waals surface area contributed by atoms with Crippen LogP contribution in [0.2, 0.25) is 0 Å². The van der Waals surface area contributed by atoms with E-state index < -0.39 is 0 Å². The molecule has 0 aromatic heterocycles. The molecule has 0 bridgehead atoms. The largest absolute Gasteiger partial charge is 0.0596 e. The van der Waals surface area contributed by atoms with Crippen molar-refractivity contribution in [1.82, 2.24) is 0 Å². The van der Waals surface area contributed by atoms with Crippen LogP contribution in [-0.4, -0.2) is 0 Å². The zero-order chi connectivity index (χ0) is 6.93. The summed E-state index contributed by atoms with van der Waals surface area (Å²) in [5.74, 6) is 4.74. The van der Waals surface area contributed by atoms with Gasteiger partial charge in [0.05, 0.1) is 0 Å². The maximum absolute atomic E-state index is 2.48. The fourth-order valence-electron chi connectivity index (χ4n) is 3.84. The Morgan fingerprint density at radius 1 is 1.10 bits per heavy atom. The number of rotatable bonds is 0. The van der Waals surface area contributed by atoms with Crippen molar-refractivity contribution in [2.24, 2.45) is 29.1 Å². The van der Waals surface area contributed by atoms with Crippen molar-refractivity contribution in [1.29, 1.82) is 0 Å². The van der Waals surface area contributed by atoms with Crippen molar-refractivity contribution < 1.29 is 0 Å². The first kappa shape index (κ1) is 5.62. The summed E-state index contributed by atoms with van der Waals surface area (Å²) in [5.41, 5.74) is 0.725. The third-order valence-electron chi connectivity index (χ3n) is 4.39. The number of hydrogen-bond donors (Lipinski definition) is 0. The van der Waals surface area contributed by atoms with Crippen LogP contribution in [0.3, 0.4) is 0 Å². The molecule has 0 spiro atoms. The molecule has 0 aliphatic heterocycles. The second-order valence-electron chi connectivity index (χ2n) is 5.28. The first-order valence-electron chi connectivity index (χ1n) is 4.70. The molecule has 3 fully saturated rings. The maximum atomic E-state index is 2.48. The number of hydrogen-bond acceptors (Lipinski definition) is 0. The minimum Gasteiger partial charge on any atom is -0.0596 e. The van der Waals surface area contributed by atoms with Crippen molar-refractivity contribution >= 4 is 0 Å². The van der Waals surface area contributed by atoms with E-state index in [9.17, 15) is 0 Å². The van der Waals surface area contributed by atoms with Gasteiger partial charge < -0.3 is 0 Å². The molecule has 3 aliphatic rings. The van der Waals surface area contributed by atoms with Crippen LogP contribution in [-0.2, 0) is 0 Å². The van der Waals surface area contributed by atoms with Crippen LogP contribution in [0, 0.1) is 29.1 Å². The molecule has 3 saturated carbocycles. The van der Waals surface area contributed by atoms with E-state index in [4.69, 9.17) is 0 Å². The molecular weight excluding hydrogens is 120 g/mol. The van der Waals surface area contributed by atoms with Gasteiger partial charge in [-0.15, -0.1) is 0 Å². The van der Waals surface area contributed by atoms with Gasteiger partial charge in [0.15, 0.2) is 0 Å². The van der Waals surface area contributed by atoms with E-state index in [2.05, 4.69) is 13.8 Å². The monoisotopic (exact) mass is 136 g/mol. The van der Waals surface area contributed by atoms with Crippen LogP contribution in [0.15, 0.2) is 0 Å². The molecule has 0 saturated heterocycles. The Morgan fingerprint density at radius 3 is 2.60 bits per heavy atom. The molecule has 0 nitrogen and oxygen atoms in total. The average Bonchev–Trinajstić information content (AvgIpc) is 2.37. The highest BCUT2D eigenvalue weighted by molar-refractivity contribution is 5.15. The van der Waals surface area contributed by atoms with Crippen molar-refractivity contribution in [2.45, 2.75) is 33.1 Å². The summed E-state index contributed by atoms with van der Waals surface area (Å²) in [5, 5.41) is 0. The summed E-state index contributed by atoms with van der Waals surface area (Å²) in [7, 11) is 0. The molecular formula is C10H16. The lowest BCUT2D eigenvalue weighted by atomic mass is 9.67. The Hall–Kier alpha value is 0. The number of fused-ring (bicyclic) bond motifs is 4. The Balaban J connectivity index is 1.93. The Morgan fingerprint density at radius 2 is 1.90 bits per heavy atom. The summed E-state index contributed by atoms with van der Waals surface area (Å²) in [6, 6.07) is 0. The fourth-order valence-corrected chi connectivity index (χ4v) is 3.84. The molecule has 4 unspecified atom stereocenters. The maximum Gasteiger partial charge on any atom is -0.0300 e. The van der Waals surface area contributed by atoms with Gasteiger partial charge in [0, 0.05) is 0 Å². The van der Waals surface area contributed by atoms with E-state index in [0.717, 1.165) is 11.3 Å². The molecule has 0 N–H and O–H groups in total. The molecule has 3 rings (SSSR count). The third-order valence-corrected chi connectivity index (χ3v) is 4.39. The molecule has 10 heavy (non-hydrogen) atoms. The first-order chi connectivity index (χ1) is 4.70. The van der Waals surface area contributed by atoms with E-state index in [1.807, 2.05) is 0 Å². The van der Waals surface area contributed by atoms with Crippen molar-refractivity contribution in [3.63, 3.8) is 0 Å². The summed E-state index contributed by atoms with van der Waals surface area (Å²) in [6.07, 6.45) is 4.66. The summed E-state index contributed by atoms with van der Waals surface area (Å²) >= 11 is 0. The van der Waals surface area contributed by atoms with Gasteiger partial charge in [-0.1, -0.05) is 13.8 Å². The summed E-state index contributed by atoms with van der Waals surface area (Å²) < 4.78 is 0. The Labute approximate surface area is 63.0 Å². The second-order valence-corrected chi connectivity index (χ2v) is 5.28. The van der Waals surface area contributed by atoms with Gasteiger partial charge in [-0.2, -0.15) is 0 Å². The topological polar surface area (TPSA) is 0 Å². The zero-order valence-electron chi connectivity index (χ0n) is 6.93. The molecule has 0 aromatic carbocycles. The van der Waals surface area contributed by atoms with Crippen LogP contribution in [0.1, 0.15) is 33.1 Å². The van der Waals surface area contributed by atoms with Gasteiger partial charge in [0.1, 0.15) is 0 Å². The predicted octanol–water partition coefficient (Wildman–Crippen LogP) is 2.69. The lowest BCUT2D eigenvalue weighted by molar-refractivity contribution is 0.0975. The SMILES string of the molecule is CC1(C)CCC2C3CC3C21. The minimum atomic E-state index is 0.725. The predicted molar refractivity (Wildman–Crippen MR) is 41.6 cm³/mol. The molecule has 3 aliphatic carbocycles. The van der Waals surface area contributed by atoms with Crippen LogP contribution in [0.25, 0.3) is 0 Å². The van der Waals surface area contributed by atoms with Gasteiger partial charge in [-0.3, -0.25) is 0 Å². The van der Waals surface area contributed by atoms with Crippen LogP contribution in [0.5, 0.6) is 0 Å². The lowest BCUT2D eigenvalue weighted by Crippen LogP contribution is -2.33. The highest BCUT2D eigenvalue weighted by atomic mass is 14.7. The minimum absolute atomic E-state index is 0.725. The first-order valence-corrected chi connectivity index (χ1v) is 4.70. The molecule has 0 heterocycles. The molecule has 4 atom stereocenters. The van der Waals surface area contributed by atoms with Gasteiger partial charge >= 0.3 is 0 Å². The van der Waals surface area contributed by atoms with E-state index in [1.54, 1.807) is 12.8 Å². The van der Waals surface area contributed by atoms with Gasteiger partial charge in [0.25, 0.3) is 0 Å².